The summed E-state index contributed by atoms with van der Waals surface area (Å²) < 4.78 is 5.37. The minimum Gasteiger partial charge on any atom is -0.497 e. The molecule has 2 aromatic carbocycles. The topological polar surface area (TPSA) is 32.8 Å². The SMILES string of the molecule is C=C(C1=C(C)C(=O)N(CCN2CCCCC2)C1c1ccc(OC)cc1)c1ccc(C)cc1. The molecular weight excluding hydrogens is 396 g/mol. The number of hydrogen-bond donors (Lipinski definition) is 0. The first-order chi connectivity index (χ1) is 15.5. The second-order valence-corrected chi connectivity index (χ2v) is 8.96. The van der Waals surface area contributed by atoms with E-state index in [1.807, 2.05) is 24.0 Å². The fourth-order valence-electron chi connectivity index (χ4n) is 4.91. The number of carbonyl (C=O) groups excluding carboxylic acids is 1. The largest absolute Gasteiger partial charge is 0.497 e. The van der Waals surface area contributed by atoms with Gasteiger partial charge in [0.25, 0.3) is 5.91 Å². The summed E-state index contributed by atoms with van der Waals surface area (Å²) in [5.41, 5.74) is 6.13. The molecule has 168 valence electrons. The number of piperidine rings is 1. The summed E-state index contributed by atoms with van der Waals surface area (Å²) in [5, 5.41) is 0. The number of nitrogens with zero attached hydrogens (tertiary/aromatic N) is 2. The van der Waals surface area contributed by atoms with Gasteiger partial charge >= 0.3 is 0 Å². The number of hydrogen-bond acceptors (Lipinski definition) is 3. The average molecular weight is 431 g/mol. The zero-order valence-electron chi connectivity index (χ0n) is 19.6. The van der Waals surface area contributed by atoms with E-state index in [4.69, 9.17) is 4.74 Å². The summed E-state index contributed by atoms with van der Waals surface area (Å²) in [5.74, 6) is 0.934. The van der Waals surface area contributed by atoms with E-state index in [0.717, 1.165) is 59.8 Å². The molecule has 4 rings (SSSR count). The van der Waals surface area contributed by atoms with Gasteiger partial charge in [-0.1, -0.05) is 55.0 Å². The van der Waals surface area contributed by atoms with E-state index in [-0.39, 0.29) is 11.9 Å². The van der Waals surface area contributed by atoms with Crippen molar-refractivity contribution in [1.29, 1.82) is 0 Å². The van der Waals surface area contributed by atoms with E-state index in [1.165, 1.54) is 24.8 Å². The second kappa shape index (κ2) is 9.74. The molecule has 0 N–H and O–H groups in total. The van der Waals surface area contributed by atoms with E-state index in [0.29, 0.717) is 0 Å². The minimum atomic E-state index is -0.132. The Kier molecular flexibility index (Phi) is 6.80. The Hall–Kier alpha value is -2.85. The van der Waals surface area contributed by atoms with Gasteiger partial charge in [0, 0.05) is 18.7 Å². The first-order valence-electron chi connectivity index (χ1n) is 11.6. The molecule has 4 nitrogen and oxygen atoms in total. The highest BCUT2D eigenvalue weighted by molar-refractivity contribution is 6.03. The van der Waals surface area contributed by atoms with Gasteiger partial charge in [-0.15, -0.1) is 0 Å². The van der Waals surface area contributed by atoms with Gasteiger partial charge in [-0.25, -0.2) is 0 Å². The summed E-state index contributed by atoms with van der Waals surface area (Å²) in [6, 6.07) is 16.4. The Morgan fingerprint density at radius 3 is 2.25 bits per heavy atom. The molecule has 4 heteroatoms. The van der Waals surface area contributed by atoms with Crippen LogP contribution in [0.2, 0.25) is 0 Å². The van der Waals surface area contributed by atoms with Crippen LogP contribution in [0, 0.1) is 6.92 Å². The highest BCUT2D eigenvalue weighted by Gasteiger charge is 2.39. The van der Waals surface area contributed by atoms with Crippen LogP contribution in [0.15, 0.2) is 66.3 Å². The van der Waals surface area contributed by atoms with Crippen LogP contribution in [0.25, 0.3) is 5.57 Å². The molecule has 1 amide bonds. The number of likely N-dealkylation sites (tertiary alicyclic amines) is 1. The fraction of sp³-hybridized carbons (Fsp3) is 0.393. The van der Waals surface area contributed by atoms with Crippen molar-refractivity contribution in [2.75, 3.05) is 33.3 Å². The predicted molar refractivity (Wildman–Crippen MR) is 131 cm³/mol. The normalized spacial score (nSPS) is 19.5. The summed E-state index contributed by atoms with van der Waals surface area (Å²) in [6.07, 6.45) is 3.82. The third-order valence-electron chi connectivity index (χ3n) is 6.83. The van der Waals surface area contributed by atoms with E-state index in [2.05, 4.69) is 54.8 Å². The Balaban J connectivity index is 1.67. The lowest BCUT2D eigenvalue weighted by Crippen LogP contribution is -2.40. The fourth-order valence-corrected chi connectivity index (χ4v) is 4.91. The molecule has 1 fully saturated rings. The molecule has 0 saturated carbocycles. The minimum absolute atomic E-state index is 0.117. The van der Waals surface area contributed by atoms with E-state index < -0.39 is 0 Å². The molecule has 2 aliphatic heterocycles. The molecule has 0 spiro atoms. The lowest BCUT2D eigenvalue weighted by molar-refractivity contribution is -0.127. The van der Waals surface area contributed by atoms with Gasteiger partial charge in [-0.05, 0) is 74.2 Å². The highest BCUT2D eigenvalue weighted by Crippen LogP contribution is 2.44. The lowest BCUT2D eigenvalue weighted by Gasteiger charge is -2.32. The summed E-state index contributed by atoms with van der Waals surface area (Å²) in [7, 11) is 1.67. The zero-order valence-corrected chi connectivity index (χ0v) is 19.6. The Labute approximate surface area is 192 Å². The van der Waals surface area contributed by atoms with Crippen LogP contribution in [0.1, 0.15) is 48.9 Å². The zero-order chi connectivity index (χ0) is 22.7. The number of amides is 1. The van der Waals surface area contributed by atoms with Crippen LogP contribution in [-0.4, -0.2) is 49.0 Å². The number of aryl methyl sites for hydroxylation is 1. The second-order valence-electron chi connectivity index (χ2n) is 8.96. The van der Waals surface area contributed by atoms with E-state index >= 15 is 0 Å². The van der Waals surface area contributed by atoms with Crippen molar-refractivity contribution in [2.24, 2.45) is 0 Å². The maximum absolute atomic E-state index is 13.5. The van der Waals surface area contributed by atoms with Crippen molar-refractivity contribution < 1.29 is 9.53 Å². The van der Waals surface area contributed by atoms with Crippen molar-refractivity contribution in [1.82, 2.24) is 9.80 Å². The van der Waals surface area contributed by atoms with Crippen molar-refractivity contribution in [3.05, 3.63) is 82.9 Å². The quantitative estimate of drug-likeness (QED) is 0.589. The molecule has 0 radical (unpaired) electrons. The first kappa shape index (κ1) is 22.3. The number of methoxy groups -OCH3 is 1. The van der Waals surface area contributed by atoms with Gasteiger partial charge in [0.1, 0.15) is 5.75 Å². The van der Waals surface area contributed by atoms with E-state index in [9.17, 15) is 4.79 Å². The van der Waals surface area contributed by atoms with E-state index in [1.54, 1.807) is 7.11 Å². The lowest BCUT2D eigenvalue weighted by atomic mass is 9.88. The standard InChI is InChI=1S/C28H34N2O2/c1-20-8-10-23(11-9-20)21(2)26-22(3)28(31)30(19-18-29-16-6-5-7-17-29)27(26)24-12-14-25(32-4)15-13-24/h8-15,27H,2,5-7,16-19H2,1,3-4H3. The van der Waals surface area contributed by atoms with Gasteiger partial charge in [-0.3, -0.25) is 4.79 Å². The molecule has 0 aliphatic carbocycles. The molecular formula is C28H34N2O2. The maximum atomic E-state index is 13.5. The summed E-state index contributed by atoms with van der Waals surface area (Å²) in [6.45, 7) is 12.4. The number of benzene rings is 2. The summed E-state index contributed by atoms with van der Waals surface area (Å²) >= 11 is 0. The van der Waals surface area contributed by atoms with Crippen LogP contribution < -0.4 is 4.74 Å². The monoisotopic (exact) mass is 430 g/mol. The molecule has 1 unspecified atom stereocenters. The van der Waals surface area contributed by atoms with Crippen LogP contribution in [0.5, 0.6) is 5.75 Å². The Bertz CT molecular complexity index is 999. The van der Waals surface area contributed by atoms with Gasteiger partial charge in [0.05, 0.1) is 13.2 Å². The molecule has 32 heavy (non-hydrogen) atoms. The van der Waals surface area contributed by atoms with Crippen molar-refractivity contribution in [3.63, 3.8) is 0 Å². The molecule has 2 aromatic rings. The molecule has 1 saturated heterocycles. The number of rotatable bonds is 7. The van der Waals surface area contributed by atoms with Crippen LogP contribution in [0.4, 0.5) is 0 Å². The number of carbonyl (C=O) groups is 1. The molecule has 1 atom stereocenters. The third-order valence-corrected chi connectivity index (χ3v) is 6.83. The number of ether oxygens (including phenoxy) is 1. The van der Waals surface area contributed by atoms with Gasteiger partial charge in [0.2, 0.25) is 0 Å². The Morgan fingerprint density at radius 2 is 1.62 bits per heavy atom. The molecule has 2 aliphatic rings. The smallest absolute Gasteiger partial charge is 0.250 e. The van der Waals surface area contributed by atoms with Crippen LogP contribution in [0.3, 0.4) is 0 Å². The van der Waals surface area contributed by atoms with Crippen LogP contribution >= 0.6 is 0 Å². The van der Waals surface area contributed by atoms with Crippen molar-refractivity contribution in [3.8, 4) is 5.75 Å². The van der Waals surface area contributed by atoms with Crippen molar-refractivity contribution >= 4 is 11.5 Å². The van der Waals surface area contributed by atoms with Gasteiger partial charge < -0.3 is 14.5 Å². The van der Waals surface area contributed by atoms with Crippen molar-refractivity contribution in [2.45, 2.75) is 39.2 Å². The van der Waals surface area contributed by atoms with Gasteiger partial charge in [-0.2, -0.15) is 0 Å². The highest BCUT2D eigenvalue weighted by atomic mass is 16.5. The first-order valence-corrected chi connectivity index (χ1v) is 11.6. The van der Waals surface area contributed by atoms with Gasteiger partial charge in [0.15, 0.2) is 0 Å². The van der Waals surface area contributed by atoms with Crippen LogP contribution in [-0.2, 0) is 4.79 Å². The third kappa shape index (κ3) is 4.51. The molecule has 2 heterocycles. The Morgan fingerprint density at radius 1 is 0.969 bits per heavy atom. The average Bonchev–Trinajstić information content (AvgIpc) is 3.08. The molecule has 0 aromatic heterocycles. The molecule has 0 bridgehead atoms. The summed E-state index contributed by atoms with van der Waals surface area (Å²) in [4.78, 5) is 18.0. The predicted octanol–water partition coefficient (Wildman–Crippen LogP) is 5.40. The maximum Gasteiger partial charge on any atom is 0.250 e.